The first-order valence-electron chi connectivity index (χ1n) is 8.50. The van der Waals surface area contributed by atoms with Crippen LogP contribution in [-0.2, 0) is 0 Å². The molecule has 0 saturated carbocycles. The SMILES string of the molecule is Cc1ccc(-c2nc(-c3ccccc3)[nH]c2-c2ccc(C)cc2)cc1. The van der Waals surface area contributed by atoms with E-state index in [1.165, 1.54) is 11.1 Å². The molecule has 0 saturated heterocycles. The molecule has 1 heterocycles. The minimum Gasteiger partial charge on any atom is -0.337 e. The van der Waals surface area contributed by atoms with E-state index in [0.717, 1.165) is 33.9 Å². The van der Waals surface area contributed by atoms with Gasteiger partial charge in [0.15, 0.2) is 0 Å². The molecule has 2 heteroatoms. The fourth-order valence-corrected chi connectivity index (χ4v) is 2.96. The normalized spacial score (nSPS) is 10.8. The number of aryl methyl sites for hydroxylation is 2. The highest BCUT2D eigenvalue weighted by atomic mass is 14.9. The van der Waals surface area contributed by atoms with Crippen molar-refractivity contribution in [2.24, 2.45) is 0 Å². The van der Waals surface area contributed by atoms with Crippen LogP contribution in [0.1, 0.15) is 11.1 Å². The van der Waals surface area contributed by atoms with E-state index in [9.17, 15) is 0 Å². The first-order chi connectivity index (χ1) is 12.2. The Hall–Kier alpha value is -3.13. The molecule has 2 nitrogen and oxygen atoms in total. The number of benzene rings is 3. The maximum atomic E-state index is 4.92. The molecule has 1 N–H and O–H groups in total. The summed E-state index contributed by atoms with van der Waals surface area (Å²) in [6, 6.07) is 27.4. The zero-order chi connectivity index (χ0) is 17.2. The molecule has 25 heavy (non-hydrogen) atoms. The number of aromatic amines is 1. The molecule has 0 atom stereocenters. The number of aromatic nitrogens is 2. The molecule has 0 aliphatic carbocycles. The molecule has 0 spiro atoms. The number of H-pyrrole nitrogens is 1. The number of nitrogens with one attached hydrogen (secondary N) is 1. The minimum atomic E-state index is 0.895. The van der Waals surface area contributed by atoms with E-state index in [4.69, 9.17) is 4.98 Å². The van der Waals surface area contributed by atoms with Crippen molar-refractivity contribution in [3.63, 3.8) is 0 Å². The van der Waals surface area contributed by atoms with E-state index < -0.39 is 0 Å². The summed E-state index contributed by atoms with van der Waals surface area (Å²) >= 11 is 0. The second kappa shape index (κ2) is 6.40. The molecular weight excluding hydrogens is 304 g/mol. The molecule has 3 aromatic carbocycles. The van der Waals surface area contributed by atoms with Crippen molar-refractivity contribution in [1.82, 2.24) is 9.97 Å². The van der Waals surface area contributed by atoms with Gasteiger partial charge in [0.25, 0.3) is 0 Å². The summed E-state index contributed by atoms with van der Waals surface area (Å²) in [5, 5.41) is 0. The largest absolute Gasteiger partial charge is 0.337 e. The van der Waals surface area contributed by atoms with Crippen LogP contribution in [0.2, 0.25) is 0 Å². The van der Waals surface area contributed by atoms with Gasteiger partial charge in [0, 0.05) is 16.7 Å². The van der Waals surface area contributed by atoms with E-state index in [1.54, 1.807) is 0 Å². The predicted molar refractivity (Wildman–Crippen MR) is 104 cm³/mol. The van der Waals surface area contributed by atoms with Crippen molar-refractivity contribution in [1.29, 1.82) is 0 Å². The average Bonchev–Trinajstić information content (AvgIpc) is 3.09. The lowest BCUT2D eigenvalue weighted by molar-refractivity contribution is 1.31. The van der Waals surface area contributed by atoms with Crippen LogP contribution in [0.25, 0.3) is 33.9 Å². The number of imidazole rings is 1. The summed E-state index contributed by atoms with van der Waals surface area (Å²) in [5.41, 5.74) is 7.91. The van der Waals surface area contributed by atoms with Crippen LogP contribution in [0.5, 0.6) is 0 Å². The third-order valence-electron chi connectivity index (χ3n) is 4.42. The number of hydrogen-bond acceptors (Lipinski definition) is 1. The molecule has 122 valence electrons. The van der Waals surface area contributed by atoms with E-state index in [0.29, 0.717) is 0 Å². The summed E-state index contributed by atoms with van der Waals surface area (Å²) in [4.78, 5) is 8.46. The molecule has 0 aliphatic heterocycles. The molecule has 1 aromatic heterocycles. The molecule has 0 aliphatic rings. The summed E-state index contributed by atoms with van der Waals surface area (Å²) in [5.74, 6) is 0.895. The van der Waals surface area contributed by atoms with Crippen LogP contribution in [0, 0.1) is 13.8 Å². The molecule has 4 rings (SSSR count). The Kier molecular flexibility index (Phi) is 3.95. The van der Waals surface area contributed by atoms with E-state index in [-0.39, 0.29) is 0 Å². The van der Waals surface area contributed by atoms with Crippen LogP contribution in [0.3, 0.4) is 0 Å². The van der Waals surface area contributed by atoms with Crippen LogP contribution in [-0.4, -0.2) is 9.97 Å². The van der Waals surface area contributed by atoms with Gasteiger partial charge in [-0.2, -0.15) is 0 Å². The molecule has 4 aromatic rings. The Balaban J connectivity index is 1.89. The van der Waals surface area contributed by atoms with Crippen LogP contribution in [0.4, 0.5) is 0 Å². The van der Waals surface area contributed by atoms with Gasteiger partial charge < -0.3 is 4.98 Å². The lowest BCUT2D eigenvalue weighted by Crippen LogP contribution is -1.84. The molecular formula is C23H20N2. The average molecular weight is 324 g/mol. The van der Waals surface area contributed by atoms with Crippen molar-refractivity contribution in [2.45, 2.75) is 13.8 Å². The lowest BCUT2D eigenvalue weighted by Gasteiger charge is -2.04. The minimum absolute atomic E-state index is 0.895. The summed E-state index contributed by atoms with van der Waals surface area (Å²) in [6.45, 7) is 4.21. The van der Waals surface area contributed by atoms with Crippen molar-refractivity contribution >= 4 is 0 Å². The highest BCUT2D eigenvalue weighted by molar-refractivity contribution is 5.81. The second-order valence-corrected chi connectivity index (χ2v) is 6.41. The van der Waals surface area contributed by atoms with Crippen LogP contribution >= 0.6 is 0 Å². The molecule has 0 unspecified atom stereocenters. The number of rotatable bonds is 3. The van der Waals surface area contributed by atoms with Gasteiger partial charge in [-0.05, 0) is 13.8 Å². The van der Waals surface area contributed by atoms with Crippen molar-refractivity contribution in [3.05, 3.63) is 90.0 Å². The zero-order valence-corrected chi connectivity index (χ0v) is 14.5. The highest BCUT2D eigenvalue weighted by Gasteiger charge is 2.15. The van der Waals surface area contributed by atoms with Gasteiger partial charge in [-0.1, -0.05) is 90.0 Å². The lowest BCUT2D eigenvalue weighted by atomic mass is 10.0. The van der Waals surface area contributed by atoms with Gasteiger partial charge in [-0.25, -0.2) is 4.98 Å². The van der Waals surface area contributed by atoms with Gasteiger partial charge in [0.2, 0.25) is 0 Å². The topological polar surface area (TPSA) is 28.7 Å². The van der Waals surface area contributed by atoms with Gasteiger partial charge in [-0.3, -0.25) is 0 Å². The van der Waals surface area contributed by atoms with Crippen molar-refractivity contribution in [2.75, 3.05) is 0 Å². The van der Waals surface area contributed by atoms with Gasteiger partial charge in [0.05, 0.1) is 11.4 Å². The Bertz CT molecular complexity index is 916. The molecule has 0 bridgehead atoms. The summed E-state index contributed by atoms with van der Waals surface area (Å²) < 4.78 is 0. The molecule has 0 amide bonds. The van der Waals surface area contributed by atoms with Crippen LogP contribution < -0.4 is 0 Å². The molecule has 0 radical (unpaired) electrons. The Morgan fingerprint density at radius 2 is 1.16 bits per heavy atom. The fraction of sp³-hybridized carbons (Fsp3) is 0.0870. The standard InChI is InChI=1S/C23H20N2/c1-16-8-12-18(13-9-16)21-22(19-14-10-17(2)11-15-19)25-23(24-21)20-6-4-3-5-7-20/h3-15H,1-2H3,(H,24,25). The number of hydrogen-bond donors (Lipinski definition) is 1. The van der Waals surface area contributed by atoms with Crippen molar-refractivity contribution < 1.29 is 0 Å². The van der Waals surface area contributed by atoms with Gasteiger partial charge >= 0.3 is 0 Å². The summed E-state index contributed by atoms with van der Waals surface area (Å²) in [6.07, 6.45) is 0. The Morgan fingerprint density at radius 1 is 0.600 bits per heavy atom. The third-order valence-corrected chi connectivity index (χ3v) is 4.42. The van der Waals surface area contributed by atoms with E-state index in [2.05, 4.69) is 79.5 Å². The van der Waals surface area contributed by atoms with E-state index >= 15 is 0 Å². The Labute approximate surface area is 148 Å². The van der Waals surface area contributed by atoms with Crippen LogP contribution in [0.15, 0.2) is 78.9 Å². The highest BCUT2D eigenvalue weighted by Crippen LogP contribution is 2.33. The maximum Gasteiger partial charge on any atom is 0.138 e. The van der Waals surface area contributed by atoms with E-state index in [1.807, 2.05) is 18.2 Å². The monoisotopic (exact) mass is 324 g/mol. The zero-order valence-electron chi connectivity index (χ0n) is 14.5. The third kappa shape index (κ3) is 3.11. The predicted octanol–water partition coefficient (Wildman–Crippen LogP) is 6.03. The van der Waals surface area contributed by atoms with Crippen molar-refractivity contribution in [3.8, 4) is 33.9 Å². The van der Waals surface area contributed by atoms with Gasteiger partial charge in [0.1, 0.15) is 5.82 Å². The smallest absolute Gasteiger partial charge is 0.138 e. The first-order valence-corrected chi connectivity index (χ1v) is 8.50. The van der Waals surface area contributed by atoms with Gasteiger partial charge in [-0.15, -0.1) is 0 Å². The number of nitrogens with zero attached hydrogens (tertiary/aromatic N) is 1. The molecule has 0 fully saturated rings. The second-order valence-electron chi connectivity index (χ2n) is 6.41. The summed E-state index contributed by atoms with van der Waals surface area (Å²) in [7, 11) is 0. The first kappa shape index (κ1) is 15.4. The Morgan fingerprint density at radius 3 is 1.76 bits per heavy atom. The fourth-order valence-electron chi connectivity index (χ4n) is 2.96. The maximum absolute atomic E-state index is 4.92. The quantitative estimate of drug-likeness (QED) is 0.490.